The van der Waals surface area contributed by atoms with Crippen molar-refractivity contribution in [3.8, 4) is 0 Å². The van der Waals surface area contributed by atoms with Crippen molar-refractivity contribution in [1.29, 1.82) is 0 Å². The molecule has 178 valence electrons. The van der Waals surface area contributed by atoms with Crippen molar-refractivity contribution in [2.75, 3.05) is 12.9 Å². The summed E-state index contributed by atoms with van der Waals surface area (Å²) in [7, 11) is -3.78. The van der Waals surface area contributed by atoms with Crippen molar-refractivity contribution >= 4 is 21.7 Å². The van der Waals surface area contributed by atoms with Crippen LogP contribution in [-0.4, -0.2) is 49.7 Å². The Morgan fingerprint density at radius 3 is 2.56 bits per heavy atom. The molecule has 0 radical (unpaired) electrons. The minimum Gasteiger partial charge on any atom is -0.390 e. The lowest BCUT2D eigenvalue weighted by molar-refractivity contribution is -0.205. The third-order valence-corrected chi connectivity index (χ3v) is 10.3. The Kier molecular flexibility index (Phi) is 5.24. The average molecular weight is 469 g/mol. The molecule has 0 aromatic heterocycles. The first-order valence-corrected chi connectivity index (χ1v) is 13.1. The zero-order valence-electron chi connectivity index (χ0n) is 19.4. The molecule has 32 heavy (non-hydrogen) atoms. The summed E-state index contributed by atoms with van der Waals surface area (Å²) in [6.07, 6.45) is 5.85. The van der Waals surface area contributed by atoms with Gasteiger partial charge in [0.25, 0.3) is 10.1 Å². The number of rotatable bonds is 4. The van der Waals surface area contributed by atoms with Crippen LogP contribution in [0.1, 0.15) is 53.4 Å². The van der Waals surface area contributed by atoms with Crippen LogP contribution in [0.5, 0.6) is 0 Å². The van der Waals surface area contributed by atoms with Gasteiger partial charge in [0.1, 0.15) is 6.61 Å². The molecule has 8 heteroatoms. The van der Waals surface area contributed by atoms with Crippen LogP contribution in [0.4, 0.5) is 4.39 Å². The number of alkyl halides is 1. The highest BCUT2D eigenvalue weighted by Gasteiger charge is 2.74. The Hall–Kier alpha value is -1.38. The summed E-state index contributed by atoms with van der Waals surface area (Å²) in [5, 5.41) is 11.3. The Morgan fingerprint density at radius 2 is 1.94 bits per heavy atom. The molecule has 0 amide bonds. The lowest BCUT2D eigenvalue weighted by Gasteiger charge is -2.63. The molecular weight excluding hydrogens is 435 g/mol. The van der Waals surface area contributed by atoms with Crippen molar-refractivity contribution < 1.29 is 31.7 Å². The van der Waals surface area contributed by atoms with Gasteiger partial charge >= 0.3 is 0 Å². The number of hydrogen-bond donors (Lipinski definition) is 1. The first kappa shape index (κ1) is 23.8. The summed E-state index contributed by atoms with van der Waals surface area (Å²) in [5.41, 5.74) is -3.97. The fourth-order valence-corrected chi connectivity index (χ4v) is 8.00. The number of aliphatic hydroxyl groups excluding tert-OH is 1. The van der Waals surface area contributed by atoms with Crippen LogP contribution in [0.2, 0.25) is 0 Å². The highest BCUT2D eigenvalue weighted by Crippen LogP contribution is 2.72. The van der Waals surface area contributed by atoms with Gasteiger partial charge in [0.05, 0.1) is 12.4 Å². The van der Waals surface area contributed by atoms with Crippen molar-refractivity contribution in [3.05, 3.63) is 23.8 Å². The van der Waals surface area contributed by atoms with Gasteiger partial charge in [-0.25, -0.2) is 4.39 Å². The van der Waals surface area contributed by atoms with Crippen molar-refractivity contribution in [1.82, 2.24) is 0 Å². The first-order chi connectivity index (χ1) is 14.6. The minimum atomic E-state index is -3.78. The summed E-state index contributed by atoms with van der Waals surface area (Å²) in [5.74, 6) is -1.26. The predicted molar refractivity (Wildman–Crippen MR) is 117 cm³/mol. The van der Waals surface area contributed by atoms with Crippen LogP contribution < -0.4 is 0 Å². The fourth-order valence-electron chi connectivity index (χ4n) is 7.68. The standard InChI is InChI=1S/C24H33FO6S/c1-14-10-18-17-7-6-15-11-16(26)8-9-21(15,2)24(17,25)19(27)12-22(18,3)23(14,4)20(28)13-31-32(5,29)30/h8-9,11,14,17-19,27H,6-7,10,12-13H2,1-5H3/t14-,17+,18+,19+,21+,22+,23-,24+/m1/s1. The molecule has 6 nitrogen and oxygen atoms in total. The second-order valence-electron chi connectivity index (χ2n) is 11.0. The quantitative estimate of drug-likeness (QED) is 0.637. The van der Waals surface area contributed by atoms with E-state index >= 15 is 4.39 Å². The van der Waals surface area contributed by atoms with E-state index in [2.05, 4.69) is 0 Å². The van der Waals surface area contributed by atoms with E-state index in [1.54, 1.807) is 13.0 Å². The summed E-state index contributed by atoms with van der Waals surface area (Å²) in [6.45, 7) is 6.92. The maximum atomic E-state index is 17.1. The first-order valence-electron chi connectivity index (χ1n) is 11.3. The Bertz CT molecular complexity index is 1030. The lowest BCUT2D eigenvalue weighted by atomic mass is 9.43. The van der Waals surface area contributed by atoms with Crippen LogP contribution in [0.15, 0.2) is 23.8 Å². The van der Waals surface area contributed by atoms with Crippen molar-refractivity contribution in [2.24, 2.45) is 34.0 Å². The van der Waals surface area contributed by atoms with Crippen LogP contribution in [0, 0.1) is 34.0 Å². The van der Waals surface area contributed by atoms with E-state index in [1.807, 2.05) is 20.8 Å². The van der Waals surface area contributed by atoms with Gasteiger partial charge in [0, 0.05) is 16.7 Å². The van der Waals surface area contributed by atoms with Gasteiger partial charge in [-0.15, -0.1) is 0 Å². The Labute approximate surface area is 189 Å². The van der Waals surface area contributed by atoms with Crippen LogP contribution in [0.25, 0.3) is 0 Å². The van der Waals surface area contributed by atoms with E-state index in [9.17, 15) is 23.1 Å². The van der Waals surface area contributed by atoms with Crippen molar-refractivity contribution in [2.45, 2.75) is 65.2 Å². The van der Waals surface area contributed by atoms with Gasteiger partial charge in [0.15, 0.2) is 17.2 Å². The summed E-state index contributed by atoms with van der Waals surface area (Å²) < 4.78 is 44.9. The topological polar surface area (TPSA) is 97.7 Å². The molecule has 0 bridgehead atoms. The fraction of sp³-hybridized carbons (Fsp3) is 0.750. The number of fused-ring (bicyclic) bond motifs is 5. The van der Waals surface area contributed by atoms with Gasteiger partial charge in [-0.3, -0.25) is 13.8 Å². The van der Waals surface area contributed by atoms with Gasteiger partial charge in [0.2, 0.25) is 0 Å². The number of Topliss-reactive ketones (excluding diaryl/α,β-unsaturated/α-hetero) is 1. The molecular formula is C24H33FO6S. The molecule has 0 unspecified atom stereocenters. The SMILES string of the molecule is C[C@@H]1C[C@H]2[C@@H]3CCC4=CC(=O)C=C[C@]4(C)[C@@]3(F)[C@@H](O)C[C@]2(C)[C@@]1(C)C(=O)COS(C)(=O)=O. The molecule has 0 heterocycles. The van der Waals surface area contributed by atoms with Crippen molar-refractivity contribution in [3.63, 3.8) is 0 Å². The smallest absolute Gasteiger partial charge is 0.264 e. The maximum absolute atomic E-state index is 17.1. The predicted octanol–water partition coefficient (Wildman–Crippen LogP) is 3.15. The molecule has 4 aliphatic carbocycles. The molecule has 0 aromatic carbocycles. The molecule has 4 rings (SSSR count). The maximum Gasteiger partial charge on any atom is 0.264 e. The summed E-state index contributed by atoms with van der Waals surface area (Å²) in [6, 6.07) is 0. The Balaban J connectivity index is 1.75. The van der Waals surface area contributed by atoms with Gasteiger partial charge in [-0.2, -0.15) is 8.42 Å². The molecule has 3 fully saturated rings. The van der Waals surface area contributed by atoms with E-state index in [0.29, 0.717) is 19.3 Å². The molecule has 8 atom stereocenters. The second kappa shape index (κ2) is 7.06. The Morgan fingerprint density at radius 1 is 1.28 bits per heavy atom. The molecule has 1 N–H and O–H groups in total. The van der Waals surface area contributed by atoms with E-state index in [-0.39, 0.29) is 29.8 Å². The zero-order valence-corrected chi connectivity index (χ0v) is 20.2. The highest BCUT2D eigenvalue weighted by atomic mass is 32.2. The van der Waals surface area contributed by atoms with E-state index in [4.69, 9.17) is 4.18 Å². The van der Waals surface area contributed by atoms with E-state index in [0.717, 1.165) is 11.8 Å². The normalized spacial score (nSPS) is 48.0. The highest BCUT2D eigenvalue weighted by molar-refractivity contribution is 7.86. The summed E-state index contributed by atoms with van der Waals surface area (Å²) in [4.78, 5) is 25.3. The van der Waals surface area contributed by atoms with Gasteiger partial charge in [-0.1, -0.05) is 32.4 Å². The van der Waals surface area contributed by atoms with E-state index in [1.165, 1.54) is 12.2 Å². The number of ketones is 2. The summed E-state index contributed by atoms with van der Waals surface area (Å²) >= 11 is 0. The molecule has 0 spiro atoms. The van der Waals surface area contributed by atoms with E-state index < -0.39 is 50.7 Å². The van der Waals surface area contributed by atoms with Gasteiger partial charge in [-0.05, 0) is 62.0 Å². The number of carbonyl (C=O) groups is 2. The van der Waals surface area contributed by atoms with Crippen LogP contribution in [-0.2, 0) is 23.9 Å². The molecule has 3 saturated carbocycles. The molecule has 0 aromatic rings. The average Bonchev–Trinajstić information content (AvgIpc) is 2.89. The van der Waals surface area contributed by atoms with Crippen LogP contribution in [0.3, 0.4) is 0 Å². The number of allylic oxidation sites excluding steroid dienone is 4. The van der Waals surface area contributed by atoms with Crippen LogP contribution >= 0.6 is 0 Å². The lowest BCUT2D eigenvalue weighted by Crippen LogP contribution is -2.67. The largest absolute Gasteiger partial charge is 0.390 e. The minimum absolute atomic E-state index is 0.0841. The number of halogens is 1. The number of aliphatic hydroxyl groups is 1. The zero-order chi connectivity index (χ0) is 23.9. The third kappa shape index (κ3) is 2.91. The molecule has 0 aliphatic heterocycles. The number of hydrogen-bond acceptors (Lipinski definition) is 6. The third-order valence-electron chi connectivity index (χ3n) is 9.79. The molecule has 4 aliphatic rings. The second-order valence-corrected chi connectivity index (χ2v) is 12.6. The van der Waals surface area contributed by atoms with Gasteiger partial charge < -0.3 is 5.11 Å². The molecule has 0 saturated heterocycles. The number of carbonyl (C=O) groups excluding carboxylic acids is 2. The monoisotopic (exact) mass is 468 g/mol.